The summed E-state index contributed by atoms with van der Waals surface area (Å²) < 4.78 is 5.70. The third-order valence-electron chi connectivity index (χ3n) is 5.90. The fraction of sp³-hybridized carbons (Fsp3) is 0.129. The van der Waals surface area contributed by atoms with Gasteiger partial charge in [-0.1, -0.05) is 74.0 Å². The number of rotatable bonds is 8. The van der Waals surface area contributed by atoms with Gasteiger partial charge in [0.05, 0.1) is 29.0 Å². The highest BCUT2D eigenvalue weighted by atomic mass is 16.5. The normalized spacial score (nSPS) is 10.8. The molecule has 0 fully saturated rings. The van der Waals surface area contributed by atoms with Crippen molar-refractivity contribution in [1.82, 2.24) is 9.97 Å². The Morgan fingerprint density at radius 3 is 1.97 bits per heavy atom. The van der Waals surface area contributed by atoms with Crippen molar-refractivity contribution >= 4 is 22.6 Å². The lowest BCUT2D eigenvalue weighted by molar-refractivity contribution is 0.102. The summed E-state index contributed by atoms with van der Waals surface area (Å²) in [7, 11) is 0. The van der Waals surface area contributed by atoms with Crippen LogP contribution in [0.25, 0.3) is 33.5 Å². The summed E-state index contributed by atoms with van der Waals surface area (Å²) in [5.74, 6) is 0.594. The van der Waals surface area contributed by atoms with E-state index in [4.69, 9.17) is 14.7 Å². The number of hydrogen-bond acceptors (Lipinski definition) is 4. The van der Waals surface area contributed by atoms with E-state index in [9.17, 15) is 4.79 Å². The van der Waals surface area contributed by atoms with Crippen molar-refractivity contribution in [2.75, 3.05) is 11.9 Å². The van der Waals surface area contributed by atoms with E-state index in [0.29, 0.717) is 23.4 Å². The van der Waals surface area contributed by atoms with Crippen molar-refractivity contribution in [3.63, 3.8) is 0 Å². The topological polar surface area (TPSA) is 64.1 Å². The fourth-order valence-electron chi connectivity index (χ4n) is 3.96. The highest BCUT2D eigenvalue weighted by Gasteiger charge is 2.15. The Morgan fingerprint density at radius 2 is 1.36 bits per heavy atom. The van der Waals surface area contributed by atoms with E-state index in [1.807, 2.05) is 91.0 Å². The van der Waals surface area contributed by atoms with Gasteiger partial charge in [-0.15, -0.1) is 0 Å². The van der Waals surface area contributed by atoms with E-state index in [1.54, 1.807) is 12.1 Å². The zero-order valence-electron chi connectivity index (χ0n) is 20.1. The molecule has 5 heteroatoms. The predicted molar refractivity (Wildman–Crippen MR) is 145 cm³/mol. The summed E-state index contributed by atoms with van der Waals surface area (Å²) in [6.45, 7) is 2.82. The van der Waals surface area contributed by atoms with Crippen molar-refractivity contribution in [1.29, 1.82) is 0 Å². The molecule has 0 radical (unpaired) electrons. The molecule has 1 aromatic heterocycles. The van der Waals surface area contributed by atoms with Crippen LogP contribution in [0.15, 0.2) is 103 Å². The number of carbonyl (C=O) groups is 1. The third kappa shape index (κ3) is 5.26. The Morgan fingerprint density at radius 1 is 0.750 bits per heavy atom. The summed E-state index contributed by atoms with van der Waals surface area (Å²) in [4.78, 5) is 22.9. The highest BCUT2D eigenvalue weighted by Crippen LogP contribution is 2.31. The maximum atomic E-state index is 13.0. The van der Waals surface area contributed by atoms with Gasteiger partial charge >= 0.3 is 0 Å². The van der Waals surface area contributed by atoms with Crippen LogP contribution in [-0.4, -0.2) is 22.5 Å². The maximum Gasteiger partial charge on any atom is 0.255 e. The van der Waals surface area contributed by atoms with Crippen LogP contribution in [0.1, 0.15) is 30.1 Å². The number of amides is 1. The number of nitrogens with zero attached hydrogens (tertiary/aromatic N) is 2. The predicted octanol–water partition coefficient (Wildman–Crippen LogP) is 7.40. The second-order valence-corrected chi connectivity index (χ2v) is 8.54. The number of aromatic nitrogens is 2. The first kappa shape index (κ1) is 23.2. The standard InChI is InChI=1S/C31H27N3O2/c1-2-3-20-36-26-17-15-25(16-18-26)32-31(35)24-14-19-27-28(21-24)34-30(23-12-8-5-9-13-23)29(33-27)22-10-6-4-7-11-22/h4-19,21H,2-3,20H2,1H3,(H,32,35). The number of anilines is 1. The van der Waals surface area contributed by atoms with Crippen molar-refractivity contribution in [3.05, 3.63) is 109 Å². The lowest BCUT2D eigenvalue weighted by atomic mass is 10.0. The van der Waals surface area contributed by atoms with Crippen LogP contribution in [0.3, 0.4) is 0 Å². The minimum atomic E-state index is -0.202. The summed E-state index contributed by atoms with van der Waals surface area (Å²) in [5, 5.41) is 2.96. The molecule has 0 atom stereocenters. The Labute approximate surface area is 210 Å². The van der Waals surface area contributed by atoms with E-state index in [2.05, 4.69) is 12.2 Å². The lowest BCUT2D eigenvalue weighted by Crippen LogP contribution is -2.12. The van der Waals surface area contributed by atoms with Gasteiger partial charge in [0, 0.05) is 22.4 Å². The van der Waals surface area contributed by atoms with Crippen LogP contribution in [0.4, 0.5) is 5.69 Å². The molecule has 5 nitrogen and oxygen atoms in total. The summed E-state index contributed by atoms with van der Waals surface area (Å²) in [6, 6.07) is 32.9. The van der Waals surface area contributed by atoms with Crippen LogP contribution in [0, 0.1) is 0 Å². The molecule has 1 heterocycles. The number of nitrogens with one attached hydrogen (secondary N) is 1. The first-order chi connectivity index (χ1) is 17.7. The summed E-state index contributed by atoms with van der Waals surface area (Å²) >= 11 is 0. The number of fused-ring (bicyclic) bond motifs is 1. The first-order valence-corrected chi connectivity index (χ1v) is 12.2. The van der Waals surface area contributed by atoms with Gasteiger partial charge in [0.15, 0.2) is 0 Å². The monoisotopic (exact) mass is 473 g/mol. The van der Waals surface area contributed by atoms with Crippen molar-refractivity contribution in [2.24, 2.45) is 0 Å². The minimum Gasteiger partial charge on any atom is -0.494 e. The number of carbonyl (C=O) groups excluding carboxylic acids is 1. The molecule has 0 spiro atoms. The second-order valence-electron chi connectivity index (χ2n) is 8.54. The molecule has 0 saturated carbocycles. The molecule has 5 aromatic rings. The SMILES string of the molecule is CCCCOc1ccc(NC(=O)c2ccc3nc(-c4ccccc4)c(-c4ccccc4)nc3c2)cc1. The number of hydrogen-bond donors (Lipinski definition) is 1. The van der Waals surface area contributed by atoms with Crippen LogP contribution in [0.5, 0.6) is 5.75 Å². The van der Waals surface area contributed by atoms with Gasteiger partial charge in [-0.05, 0) is 48.9 Å². The average Bonchev–Trinajstić information content (AvgIpc) is 2.94. The molecule has 36 heavy (non-hydrogen) atoms. The quantitative estimate of drug-likeness (QED) is 0.239. The smallest absolute Gasteiger partial charge is 0.255 e. The van der Waals surface area contributed by atoms with E-state index in [0.717, 1.165) is 46.6 Å². The van der Waals surface area contributed by atoms with Gasteiger partial charge in [-0.3, -0.25) is 4.79 Å². The number of unbranched alkanes of at least 4 members (excludes halogenated alkanes) is 1. The molecule has 178 valence electrons. The molecule has 0 aliphatic carbocycles. The van der Waals surface area contributed by atoms with Crippen LogP contribution in [0.2, 0.25) is 0 Å². The highest BCUT2D eigenvalue weighted by molar-refractivity contribution is 6.06. The lowest BCUT2D eigenvalue weighted by Gasteiger charge is -2.12. The Balaban J connectivity index is 1.44. The van der Waals surface area contributed by atoms with Gasteiger partial charge in [-0.25, -0.2) is 9.97 Å². The van der Waals surface area contributed by atoms with Gasteiger partial charge < -0.3 is 10.1 Å². The number of ether oxygens (including phenoxy) is 1. The maximum absolute atomic E-state index is 13.0. The van der Waals surface area contributed by atoms with Crippen molar-refractivity contribution in [3.8, 4) is 28.3 Å². The van der Waals surface area contributed by atoms with Gasteiger partial charge in [0.25, 0.3) is 5.91 Å². The van der Waals surface area contributed by atoms with E-state index in [1.165, 1.54) is 0 Å². The van der Waals surface area contributed by atoms with Gasteiger partial charge in [0.1, 0.15) is 5.75 Å². The number of benzene rings is 4. The molecule has 4 aromatic carbocycles. The molecule has 1 N–H and O–H groups in total. The van der Waals surface area contributed by atoms with E-state index in [-0.39, 0.29) is 5.91 Å². The molecule has 0 saturated heterocycles. The zero-order valence-corrected chi connectivity index (χ0v) is 20.1. The van der Waals surface area contributed by atoms with Crippen LogP contribution < -0.4 is 10.1 Å². The second kappa shape index (κ2) is 10.8. The Hall–Kier alpha value is -4.51. The Bertz CT molecular complexity index is 1470. The third-order valence-corrected chi connectivity index (χ3v) is 5.90. The average molecular weight is 474 g/mol. The van der Waals surface area contributed by atoms with Gasteiger partial charge in [0.2, 0.25) is 0 Å². The largest absolute Gasteiger partial charge is 0.494 e. The minimum absolute atomic E-state index is 0.202. The van der Waals surface area contributed by atoms with Gasteiger partial charge in [-0.2, -0.15) is 0 Å². The molecule has 0 aliphatic heterocycles. The van der Waals surface area contributed by atoms with E-state index >= 15 is 0 Å². The van der Waals surface area contributed by atoms with Crippen molar-refractivity contribution < 1.29 is 9.53 Å². The Kier molecular flexibility index (Phi) is 6.99. The molecule has 0 aliphatic rings. The van der Waals surface area contributed by atoms with Crippen LogP contribution in [-0.2, 0) is 0 Å². The molecular formula is C31H27N3O2. The molecule has 0 bridgehead atoms. The van der Waals surface area contributed by atoms with Crippen molar-refractivity contribution in [2.45, 2.75) is 19.8 Å². The zero-order chi connectivity index (χ0) is 24.7. The fourth-order valence-corrected chi connectivity index (χ4v) is 3.96. The summed E-state index contributed by atoms with van der Waals surface area (Å²) in [6.07, 6.45) is 2.10. The molecule has 0 unspecified atom stereocenters. The first-order valence-electron chi connectivity index (χ1n) is 12.2. The van der Waals surface area contributed by atoms with E-state index < -0.39 is 0 Å². The molecule has 1 amide bonds. The summed E-state index contributed by atoms with van der Waals surface area (Å²) in [5.41, 5.74) is 6.19. The van der Waals surface area contributed by atoms with Crippen LogP contribution >= 0.6 is 0 Å². The molecular weight excluding hydrogens is 446 g/mol. The molecule has 5 rings (SSSR count).